The van der Waals surface area contributed by atoms with Crippen molar-refractivity contribution in [3.8, 4) is 0 Å². The van der Waals surface area contributed by atoms with Crippen LogP contribution in [0, 0.1) is 0 Å². The van der Waals surface area contributed by atoms with E-state index in [1.165, 1.54) is 4.68 Å². The summed E-state index contributed by atoms with van der Waals surface area (Å²) in [4.78, 5) is 26.7. The number of aromatic nitrogens is 3. The molecule has 1 aliphatic rings. The van der Waals surface area contributed by atoms with Crippen molar-refractivity contribution >= 4 is 11.6 Å². The van der Waals surface area contributed by atoms with Gasteiger partial charge < -0.3 is 4.90 Å². The van der Waals surface area contributed by atoms with Gasteiger partial charge in [0.25, 0.3) is 0 Å². The molecule has 1 aromatic carbocycles. The SMILES string of the molecule is CCN(C(=O)Cn1nc2n(c1=O)CCCCC2)c1ccccc1. The minimum Gasteiger partial charge on any atom is -0.311 e. The molecule has 3 rings (SSSR count). The molecule has 1 amide bonds. The predicted octanol–water partition coefficient (Wildman–Crippen LogP) is 1.82. The molecular weight excluding hydrogens is 292 g/mol. The number of likely N-dealkylation sites (N-methyl/N-ethyl adjacent to an activating group) is 1. The zero-order valence-electron chi connectivity index (χ0n) is 13.4. The number of para-hydroxylation sites is 1. The largest absolute Gasteiger partial charge is 0.346 e. The molecule has 122 valence electrons. The smallest absolute Gasteiger partial charge is 0.311 e. The van der Waals surface area contributed by atoms with E-state index >= 15 is 0 Å². The summed E-state index contributed by atoms with van der Waals surface area (Å²) in [5, 5.41) is 4.38. The van der Waals surface area contributed by atoms with Crippen LogP contribution in [0.4, 0.5) is 5.69 Å². The van der Waals surface area contributed by atoms with E-state index in [1.807, 2.05) is 37.3 Å². The Morgan fingerprint density at radius 1 is 1.22 bits per heavy atom. The molecule has 0 saturated heterocycles. The summed E-state index contributed by atoms with van der Waals surface area (Å²) in [6.07, 6.45) is 3.99. The van der Waals surface area contributed by atoms with Crippen LogP contribution in [0.5, 0.6) is 0 Å². The average Bonchev–Trinajstić information content (AvgIpc) is 2.74. The average molecular weight is 314 g/mol. The van der Waals surface area contributed by atoms with Crippen LogP contribution in [0.2, 0.25) is 0 Å². The molecule has 6 nitrogen and oxygen atoms in total. The Balaban J connectivity index is 1.81. The van der Waals surface area contributed by atoms with Gasteiger partial charge in [0.1, 0.15) is 12.4 Å². The fourth-order valence-electron chi connectivity index (χ4n) is 3.05. The highest BCUT2D eigenvalue weighted by Gasteiger charge is 2.20. The van der Waals surface area contributed by atoms with Crippen molar-refractivity contribution in [3.05, 3.63) is 46.6 Å². The molecule has 0 fully saturated rings. The number of hydrogen-bond donors (Lipinski definition) is 0. The van der Waals surface area contributed by atoms with Crippen molar-refractivity contribution in [2.75, 3.05) is 11.4 Å². The molecule has 2 aromatic rings. The summed E-state index contributed by atoms with van der Waals surface area (Å²) < 4.78 is 3.04. The maximum atomic E-state index is 12.6. The molecule has 0 atom stereocenters. The molecule has 1 aromatic heterocycles. The lowest BCUT2D eigenvalue weighted by Gasteiger charge is -2.20. The lowest BCUT2D eigenvalue weighted by Crippen LogP contribution is -2.37. The number of aryl methyl sites for hydroxylation is 1. The van der Waals surface area contributed by atoms with Crippen molar-refractivity contribution in [2.45, 2.75) is 45.7 Å². The third-order valence-electron chi connectivity index (χ3n) is 4.25. The maximum absolute atomic E-state index is 12.6. The third kappa shape index (κ3) is 3.21. The molecule has 1 aliphatic heterocycles. The van der Waals surface area contributed by atoms with E-state index in [4.69, 9.17) is 0 Å². The van der Waals surface area contributed by atoms with Gasteiger partial charge in [0.2, 0.25) is 5.91 Å². The first-order valence-electron chi connectivity index (χ1n) is 8.22. The van der Waals surface area contributed by atoms with E-state index in [0.717, 1.165) is 37.2 Å². The predicted molar refractivity (Wildman–Crippen MR) is 88.5 cm³/mol. The molecule has 0 aliphatic carbocycles. The highest BCUT2D eigenvalue weighted by molar-refractivity contribution is 5.93. The molecular formula is C17H22N4O2. The zero-order valence-corrected chi connectivity index (χ0v) is 13.4. The number of fused-ring (bicyclic) bond motifs is 1. The van der Waals surface area contributed by atoms with Gasteiger partial charge >= 0.3 is 5.69 Å². The normalized spacial score (nSPS) is 14.1. The van der Waals surface area contributed by atoms with Crippen LogP contribution in [0.25, 0.3) is 0 Å². The lowest BCUT2D eigenvalue weighted by molar-refractivity contribution is -0.119. The number of benzene rings is 1. The lowest BCUT2D eigenvalue weighted by atomic mass is 10.2. The van der Waals surface area contributed by atoms with E-state index in [0.29, 0.717) is 13.1 Å². The topological polar surface area (TPSA) is 60.1 Å². The summed E-state index contributed by atoms with van der Waals surface area (Å²) in [6, 6.07) is 9.50. The van der Waals surface area contributed by atoms with Gasteiger partial charge in [-0.2, -0.15) is 5.10 Å². The number of carbonyl (C=O) groups is 1. The monoisotopic (exact) mass is 314 g/mol. The summed E-state index contributed by atoms with van der Waals surface area (Å²) in [7, 11) is 0. The number of rotatable bonds is 4. The summed E-state index contributed by atoms with van der Waals surface area (Å²) >= 11 is 0. The first kappa shape index (κ1) is 15.5. The zero-order chi connectivity index (χ0) is 16.2. The van der Waals surface area contributed by atoms with Gasteiger partial charge in [0.15, 0.2) is 0 Å². The molecule has 0 bridgehead atoms. The highest BCUT2D eigenvalue weighted by atomic mass is 16.2. The molecule has 0 saturated carbocycles. The van der Waals surface area contributed by atoms with Gasteiger partial charge in [-0.3, -0.25) is 9.36 Å². The van der Waals surface area contributed by atoms with Crippen molar-refractivity contribution in [3.63, 3.8) is 0 Å². The van der Waals surface area contributed by atoms with E-state index in [-0.39, 0.29) is 18.1 Å². The molecule has 23 heavy (non-hydrogen) atoms. The van der Waals surface area contributed by atoms with Crippen LogP contribution >= 0.6 is 0 Å². The number of amides is 1. The van der Waals surface area contributed by atoms with Gasteiger partial charge in [0.05, 0.1) is 0 Å². The van der Waals surface area contributed by atoms with Crippen molar-refractivity contribution in [1.29, 1.82) is 0 Å². The quantitative estimate of drug-likeness (QED) is 0.865. The highest BCUT2D eigenvalue weighted by Crippen LogP contribution is 2.14. The number of carbonyl (C=O) groups excluding carboxylic acids is 1. The first-order chi connectivity index (χ1) is 11.2. The standard InChI is InChI=1S/C17H22N4O2/c1-2-19(14-9-5-3-6-10-14)16(22)13-21-17(23)20-12-8-4-7-11-15(20)18-21/h3,5-6,9-10H,2,4,7-8,11-13H2,1H3. The Bertz CT molecular complexity index is 733. The second-order valence-corrected chi connectivity index (χ2v) is 5.79. The third-order valence-corrected chi connectivity index (χ3v) is 4.25. The Labute approximate surface area is 135 Å². The van der Waals surface area contributed by atoms with Gasteiger partial charge in [-0.1, -0.05) is 24.6 Å². The fourth-order valence-corrected chi connectivity index (χ4v) is 3.05. The van der Waals surface area contributed by atoms with Crippen LogP contribution in [-0.4, -0.2) is 26.8 Å². The van der Waals surface area contributed by atoms with E-state index in [1.54, 1.807) is 9.47 Å². The molecule has 6 heteroatoms. The Hall–Kier alpha value is -2.37. The maximum Gasteiger partial charge on any atom is 0.346 e. The van der Waals surface area contributed by atoms with Crippen LogP contribution in [-0.2, 0) is 24.3 Å². The number of hydrogen-bond acceptors (Lipinski definition) is 3. The Morgan fingerprint density at radius 2 is 2.00 bits per heavy atom. The van der Waals surface area contributed by atoms with E-state index < -0.39 is 0 Å². The minimum absolute atomic E-state index is 0.0123. The van der Waals surface area contributed by atoms with Gasteiger partial charge in [-0.05, 0) is 31.9 Å². The molecule has 0 unspecified atom stereocenters. The second-order valence-electron chi connectivity index (χ2n) is 5.79. The summed E-state index contributed by atoms with van der Waals surface area (Å²) in [6.45, 7) is 3.18. The van der Waals surface area contributed by atoms with Gasteiger partial charge in [0, 0.05) is 25.2 Å². The van der Waals surface area contributed by atoms with Crippen LogP contribution in [0.15, 0.2) is 35.1 Å². The number of nitrogens with zero attached hydrogens (tertiary/aromatic N) is 4. The molecule has 0 N–H and O–H groups in total. The van der Waals surface area contributed by atoms with Crippen LogP contribution < -0.4 is 10.6 Å². The fraction of sp³-hybridized carbons (Fsp3) is 0.471. The second kappa shape index (κ2) is 6.81. The van der Waals surface area contributed by atoms with Gasteiger partial charge in [-0.15, -0.1) is 0 Å². The van der Waals surface area contributed by atoms with Crippen LogP contribution in [0.1, 0.15) is 32.0 Å². The molecule has 0 spiro atoms. The van der Waals surface area contributed by atoms with Crippen LogP contribution in [0.3, 0.4) is 0 Å². The van der Waals surface area contributed by atoms with Crippen molar-refractivity contribution in [2.24, 2.45) is 0 Å². The Kier molecular flexibility index (Phi) is 4.60. The summed E-state index contributed by atoms with van der Waals surface area (Å²) in [5.41, 5.74) is 0.674. The Morgan fingerprint density at radius 3 is 2.74 bits per heavy atom. The van der Waals surface area contributed by atoms with Crippen molar-refractivity contribution < 1.29 is 4.79 Å². The van der Waals surface area contributed by atoms with E-state index in [9.17, 15) is 9.59 Å². The van der Waals surface area contributed by atoms with E-state index in [2.05, 4.69) is 5.10 Å². The first-order valence-corrected chi connectivity index (χ1v) is 8.22. The van der Waals surface area contributed by atoms with Gasteiger partial charge in [-0.25, -0.2) is 9.48 Å². The molecule has 2 heterocycles. The summed E-state index contributed by atoms with van der Waals surface area (Å²) in [5.74, 6) is 0.692. The minimum atomic E-state index is -0.167. The van der Waals surface area contributed by atoms with Crippen molar-refractivity contribution in [1.82, 2.24) is 14.3 Å². The molecule has 0 radical (unpaired) electrons. The number of anilines is 1.